The Morgan fingerprint density at radius 3 is 2.67 bits per heavy atom. The predicted molar refractivity (Wildman–Crippen MR) is 106 cm³/mol. The number of thioether (sulfide) groups is 1. The highest BCUT2D eigenvalue weighted by Crippen LogP contribution is 2.23. The number of hydrogen-bond acceptors (Lipinski definition) is 6. The van der Waals surface area contributed by atoms with Gasteiger partial charge in [0.05, 0.1) is 19.0 Å². The molecular formula is C20H21N3O3S. The minimum atomic E-state index is -0.0804. The van der Waals surface area contributed by atoms with Gasteiger partial charge in [-0.15, -0.1) is 0 Å². The summed E-state index contributed by atoms with van der Waals surface area (Å²) in [6, 6.07) is 15.6. The quantitative estimate of drug-likeness (QED) is 0.658. The minimum absolute atomic E-state index is 0.0804. The van der Waals surface area contributed by atoms with Crippen LogP contribution in [0.3, 0.4) is 0 Å². The van der Waals surface area contributed by atoms with Crippen LogP contribution in [0, 0.1) is 0 Å². The molecule has 0 saturated carbocycles. The lowest BCUT2D eigenvalue weighted by molar-refractivity contribution is -0.113. The average Bonchev–Trinajstić information content (AvgIpc) is 3.12. The number of nitrogens with zero attached hydrogens (tertiary/aromatic N) is 2. The highest BCUT2D eigenvalue weighted by Gasteiger charge is 2.11. The molecule has 1 N–H and O–H groups in total. The van der Waals surface area contributed by atoms with E-state index in [1.807, 2.05) is 36.4 Å². The molecule has 1 aliphatic heterocycles. The lowest BCUT2D eigenvalue weighted by Crippen LogP contribution is -2.35. The number of aromatic nitrogens is 1. The zero-order valence-electron chi connectivity index (χ0n) is 14.9. The Bertz CT molecular complexity index is 871. The van der Waals surface area contributed by atoms with Crippen molar-refractivity contribution in [3.05, 3.63) is 54.1 Å². The Balaban J connectivity index is 1.27. The third kappa shape index (κ3) is 4.88. The van der Waals surface area contributed by atoms with E-state index in [0.717, 1.165) is 49.6 Å². The second-order valence-corrected chi connectivity index (χ2v) is 7.30. The molecule has 2 aromatic carbocycles. The third-order valence-electron chi connectivity index (χ3n) is 4.35. The zero-order chi connectivity index (χ0) is 18.5. The van der Waals surface area contributed by atoms with Crippen molar-refractivity contribution >= 4 is 34.5 Å². The first-order valence-corrected chi connectivity index (χ1v) is 9.92. The number of para-hydroxylation sites is 2. The summed E-state index contributed by atoms with van der Waals surface area (Å²) in [5, 5.41) is 3.42. The van der Waals surface area contributed by atoms with E-state index < -0.39 is 0 Å². The molecule has 0 spiro atoms. The van der Waals surface area contributed by atoms with E-state index in [2.05, 4.69) is 27.3 Å². The van der Waals surface area contributed by atoms with Gasteiger partial charge in [0.15, 0.2) is 5.58 Å². The standard InChI is InChI=1S/C20H21N3O3S/c24-19(14-27-20-22-17-3-1-2-4-18(17)26-20)21-16-7-5-15(6-8-16)13-23-9-11-25-12-10-23/h1-8H,9-14H2,(H,21,24). The maximum Gasteiger partial charge on any atom is 0.257 e. The molecule has 1 saturated heterocycles. The van der Waals surface area contributed by atoms with Crippen molar-refractivity contribution in [1.82, 2.24) is 9.88 Å². The van der Waals surface area contributed by atoms with E-state index in [9.17, 15) is 4.79 Å². The van der Waals surface area contributed by atoms with E-state index in [0.29, 0.717) is 5.22 Å². The minimum Gasteiger partial charge on any atom is -0.431 e. The topological polar surface area (TPSA) is 67.6 Å². The molecule has 0 atom stereocenters. The van der Waals surface area contributed by atoms with Crippen LogP contribution < -0.4 is 5.32 Å². The van der Waals surface area contributed by atoms with Crippen molar-refractivity contribution in [2.75, 3.05) is 37.4 Å². The van der Waals surface area contributed by atoms with Crippen molar-refractivity contribution in [3.63, 3.8) is 0 Å². The molecule has 3 aromatic rings. The maximum absolute atomic E-state index is 12.2. The number of fused-ring (bicyclic) bond motifs is 1. The van der Waals surface area contributed by atoms with Crippen LogP contribution in [0.5, 0.6) is 0 Å². The van der Waals surface area contributed by atoms with E-state index in [-0.39, 0.29) is 11.7 Å². The number of oxazole rings is 1. The van der Waals surface area contributed by atoms with Gasteiger partial charge in [-0.1, -0.05) is 36.0 Å². The van der Waals surface area contributed by atoms with Gasteiger partial charge in [0.1, 0.15) is 5.52 Å². The molecule has 2 heterocycles. The second-order valence-electron chi connectivity index (χ2n) is 6.37. The van der Waals surface area contributed by atoms with Crippen molar-refractivity contribution < 1.29 is 13.9 Å². The number of anilines is 1. The fourth-order valence-corrected chi connectivity index (χ4v) is 3.59. The number of ether oxygens (including phenoxy) is 1. The number of carbonyl (C=O) groups excluding carboxylic acids is 1. The van der Waals surface area contributed by atoms with Gasteiger partial charge < -0.3 is 14.5 Å². The zero-order valence-corrected chi connectivity index (χ0v) is 15.7. The first kappa shape index (κ1) is 18.0. The molecular weight excluding hydrogens is 362 g/mol. The monoisotopic (exact) mass is 383 g/mol. The van der Waals surface area contributed by atoms with Crippen LogP contribution in [0.1, 0.15) is 5.56 Å². The Morgan fingerprint density at radius 2 is 1.89 bits per heavy atom. The molecule has 1 aliphatic rings. The summed E-state index contributed by atoms with van der Waals surface area (Å²) in [7, 11) is 0. The lowest BCUT2D eigenvalue weighted by atomic mass is 10.2. The highest BCUT2D eigenvalue weighted by atomic mass is 32.2. The van der Waals surface area contributed by atoms with Gasteiger partial charge in [-0.25, -0.2) is 4.98 Å². The van der Waals surface area contributed by atoms with Gasteiger partial charge in [-0.05, 0) is 29.8 Å². The molecule has 4 rings (SSSR count). The Kier molecular flexibility index (Phi) is 5.72. The number of morpholine rings is 1. The Labute approximate surface area is 161 Å². The number of nitrogens with one attached hydrogen (secondary N) is 1. The number of rotatable bonds is 6. The number of amides is 1. The number of benzene rings is 2. The lowest BCUT2D eigenvalue weighted by Gasteiger charge is -2.26. The van der Waals surface area contributed by atoms with Crippen LogP contribution >= 0.6 is 11.8 Å². The van der Waals surface area contributed by atoms with Crippen LogP contribution in [0.15, 0.2) is 58.2 Å². The SMILES string of the molecule is O=C(CSc1nc2ccccc2o1)Nc1ccc(CN2CCOCC2)cc1. The fraction of sp³-hybridized carbons (Fsp3) is 0.300. The molecule has 27 heavy (non-hydrogen) atoms. The van der Waals surface area contributed by atoms with E-state index >= 15 is 0 Å². The number of carbonyl (C=O) groups is 1. The molecule has 6 nitrogen and oxygen atoms in total. The summed E-state index contributed by atoms with van der Waals surface area (Å²) in [6.07, 6.45) is 0. The Hall–Kier alpha value is -2.35. The summed E-state index contributed by atoms with van der Waals surface area (Å²) in [6.45, 7) is 4.43. The molecule has 1 aromatic heterocycles. The van der Waals surface area contributed by atoms with Crippen LogP contribution in [0.2, 0.25) is 0 Å². The molecule has 1 fully saturated rings. The van der Waals surface area contributed by atoms with E-state index in [1.165, 1.54) is 17.3 Å². The van der Waals surface area contributed by atoms with Gasteiger partial charge >= 0.3 is 0 Å². The van der Waals surface area contributed by atoms with Gasteiger partial charge in [0, 0.05) is 25.3 Å². The average molecular weight is 383 g/mol. The highest BCUT2D eigenvalue weighted by molar-refractivity contribution is 7.99. The van der Waals surface area contributed by atoms with Crippen LogP contribution in [-0.2, 0) is 16.1 Å². The van der Waals surface area contributed by atoms with Crippen molar-refractivity contribution in [2.24, 2.45) is 0 Å². The molecule has 1 amide bonds. The summed E-state index contributed by atoms with van der Waals surface area (Å²) in [5.74, 6) is 0.172. The molecule has 7 heteroatoms. The summed E-state index contributed by atoms with van der Waals surface area (Å²) in [5.41, 5.74) is 3.56. The van der Waals surface area contributed by atoms with Gasteiger partial charge in [-0.3, -0.25) is 9.69 Å². The van der Waals surface area contributed by atoms with Crippen LogP contribution in [0.4, 0.5) is 5.69 Å². The third-order valence-corrected chi connectivity index (χ3v) is 5.18. The fourth-order valence-electron chi connectivity index (χ4n) is 2.95. The summed E-state index contributed by atoms with van der Waals surface area (Å²) >= 11 is 1.29. The second kappa shape index (κ2) is 8.56. The molecule has 140 valence electrons. The van der Waals surface area contributed by atoms with Gasteiger partial charge in [0.2, 0.25) is 5.91 Å². The molecule has 0 bridgehead atoms. The van der Waals surface area contributed by atoms with Gasteiger partial charge in [0.25, 0.3) is 5.22 Å². The molecule has 0 radical (unpaired) electrons. The summed E-state index contributed by atoms with van der Waals surface area (Å²) < 4.78 is 11.0. The van der Waals surface area contributed by atoms with Crippen molar-refractivity contribution in [3.8, 4) is 0 Å². The van der Waals surface area contributed by atoms with Crippen molar-refractivity contribution in [2.45, 2.75) is 11.8 Å². The van der Waals surface area contributed by atoms with Crippen LogP contribution in [-0.4, -0.2) is 47.8 Å². The predicted octanol–water partition coefficient (Wildman–Crippen LogP) is 3.39. The maximum atomic E-state index is 12.2. The Morgan fingerprint density at radius 1 is 1.11 bits per heavy atom. The largest absolute Gasteiger partial charge is 0.431 e. The smallest absolute Gasteiger partial charge is 0.257 e. The molecule has 0 unspecified atom stereocenters. The van der Waals surface area contributed by atoms with Gasteiger partial charge in [-0.2, -0.15) is 0 Å². The van der Waals surface area contributed by atoms with E-state index in [4.69, 9.17) is 9.15 Å². The molecule has 0 aliphatic carbocycles. The number of hydrogen-bond donors (Lipinski definition) is 1. The van der Waals surface area contributed by atoms with Crippen LogP contribution in [0.25, 0.3) is 11.1 Å². The first-order chi connectivity index (χ1) is 13.3. The first-order valence-electron chi connectivity index (χ1n) is 8.93. The van der Waals surface area contributed by atoms with E-state index in [1.54, 1.807) is 0 Å². The normalized spacial score (nSPS) is 15.1. The summed E-state index contributed by atoms with van der Waals surface area (Å²) in [4.78, 5) is 18.9. The van der Waals surface area contributed by atoms with Crippen molar-refractivity contribution in [1.29, 1.82) is 0 Å².